The standard InChI is InChI=1S/C21H17F4N5O2/c1-32-20-27-9-12(10-28-20)19(31)29-17-14(15-8-13(22)2-3-16(15)23)4-6-26-18(17)30-7-5-21(24,25)11-30/h2-4,6,8-10H,5,7,11H2,1H3,(H,29,31). The first-order chi connectivity index (χ1) is 15.3. The Bertz CT molecular complexity index is 1160. The zero-order valence-electron chi connectivity index (χ0n) is 16.8. The van der Waals surface area contributed by atoms with E-state index in [1.165, 1.54) is 36.7 Å². The van der Waals surface area contributed by atoms with Crippen molar-refractivity contribution in [1.29, 1.82) is 0 Å². The van der Waals surface area contributed by atoms with Crippen LogP contribution < -0.4 is 15.0 Å². The summed E-state index contributed by atoms with van der Waals surface area (Å²) in [5, 5.41) is 2.58. The van der Waals surface area contributed by atoms with Crippen molar-refractivity contribution in [2.45, 2.75) is 12.3 Å². The molecule has 0 radical (unpaired) electrons. The van der Waals surface area contributed by atoms with Crippen LogP contribution in [0.1, 0.15) is 16.8 Å². The highest BCUT2D eigenvalue weighted by Gasteiger charge is 2.40. The Morgan fingerprint density at radius 1 is 1.12 bits per heavy atom. The van der Waals surface area contributed by atoms with Crippen molar-refractivity contribution in [3.8, 4) is 17.1 Å². The smallest absolute Gasteiger partial charge is 0.316 e. The van der Waals surface area contributed by atoms with Crippen molar-refractivity contribution >= 4 is 17.4 Å². The number of carbonyl (C=O) groups excluding carboxylic acids is 1. The third kappa shape index (κ3) is 4.32. The molecule has 4 rings (SSSR count). The van der Waals surface area contributed by atoms with Gasteiger partial charge in [-0.25, -0.2) is 32.5 Å². The van der Waals surface area contributed by atoms with Gasteiger partial charge in [-0.15, -0.1) is 0 Å². The molecular formula is C21H17F4N5O2. The third-order valence-electron chi connectivity index (χ3n) is 4.93. The molecule has 0 unspecified atom stereocenters. The van der Waals surface area contributed by atoms with Gasteiger partial charge in [-0.1, -0.05) is 0 Å². The molecule has 1 fully saturated rings. The highest BCUT2D eigenvalue weighted by molar-refractivity contribution is 6.08. The van der Waals surface area contributed by atoms with Gasteiger partial charge in [0.15, 0.2) is 5.82 Å². The fourth-order valence-electron chi connectivity index (χ4n) is 3.38. The number of hydrogen-bond acceptors (Lipinski definition) is 6. The van der Waals surface area contributed by atoms with E-state index in [4.69, 9.17) is 4.74 Å². The van der Waals surface area contributed by atoms with Crippen LogP contribution in [0, 0.1) is 11.6 Å². The molecule has 1 N–H and O–H groups in total. The normalized spacial score (nSPS) is 15.0. The highest BCUT2D eigenvalue weighted by Crippen LogP contribution is 2.40. The van der Waals surface area contributed by atoms with Gasteiger partial charge < -0.3 is 15.0 Å². The van der Waals surface area contributed by atoms with Gasteiger partial charge in [0.1, 0.15) is 11.6 Å². The van der Waals surface area contributed by atoms with Crippen LogP contribution in [0.3, 0.4) is 0 Å². The molecule has 1 amide bonds. The van der Waals surface area contributed by atoms with E-state index in [1.807, 2.05) is 0 Å². The molecule has 0 bridgehead atoms. The summed E-state index contributed by atoms with van der Waals surface area (Å²) in [6.45, 7) is -0.646. The van der Waals surface area contributed by atoms with Crippen molar-refractivity contribution in [3.63, 3.8) is 0 Å². The predicted octanol–water partition coefficient (Wildman–Crippen LogP) is 3.92. The number of ether oxygens (including phenoxy) is 1. The summed E-state index contributed by atoms with van der Waals surface area (Å²) in [6, 6.07) is 4.27. The van der Waals surface area contributed by atoms with Crippen LogP contribution >= 0.6 is 0 Å². The average Bonchev–Trinajstić information content (AvgIpc) is 3.15. The fourth-order valence-corrected chi connectivity index (χ4v) is 3.38. The SMILES string of the molecule is COc1ncc(C(=O)Nc2c(-c3cc(F)ccc3F)ccnc2N2CCC(F)(F)C2)cn1. The highest BCUT2D eigenvalue weighted by atomic mass is 19.3. The fraction of sp³-hybridized carbons (Fsp3) is 0.238. The van der Waals surface area contributed by atoms with Gasteiger partial charge in [0.25, 0.3) is 11.8 Å². The zero-order chi connectivity index (χ0) is 22.9. The molecule has 0 atom stereocenters. The summed E-state index contributed by atoms with van der Waals surface area (Å²) in [6.07, 6.45) is 3.32. The van der Waals surface area contributed by atoms with Crippen molar-refractivity contribution in [3.05, 3.63) is 60.1 Å². The van der Waals surface area contributed by atoms with Gasteiger partial charge in [-0.05, 0) is 24.3 Å². The minimum atomic E-state index is -2.94. The molecule has 32 heavy (non-hydrogen) atoms. The number of halogens is 4. The second-order valence-corrected chi connectivity index (χ2v) is 7.12. The number of nitrogens with one attached hydrogen (secondary N) is 1. The summed E-state index contributed by atoms with van der Waals surface area (Å²) >= 11 is 0. The van der Waals surface area contributed by atoms with Gasteiger partial charge >= 0.3 is 6.01 Å². The predicted molar refractivity (Wildman–Crippen MR) is 108 cm³/mol. The maximum atomic E-state index is 14.5. The molecule has 0 saturated carbocycles. The first kappa shape index (κ1) is 21.5. The lowest BCUT2D eigenvalue weighted by atomic mass is 10.0. The van der Waals surface area contributed by atoms with E-state index in [1.54, 1.807) is 0 Å². The minimum absolute atomic E-state index is 0.0196. The number of pyridine rings is 1. The summed E-state index contributed by atoms with van der Waals surface area (Å²) in [4.78, 5) is 26.0. The van der Waals surface area contributed by atoms with Gasteiger partial charge in [0, 0.05) is 42.7 Å². The lowest BCUT2D eigenvalue weighted by Crippen LogP contribution is -2.27. The average molecular weight is 447 g/mol. The second-order valence-electron chi connectivity index (χ2n) is 7.12. The van der Waals surface area contributed by atoms with Crippen LogP contribution in [0.5, 0.6) is 6.01 Å². The number of alkyl halides is 2. The number of methoxy groups -OCH3 is 1. The quantitative estimate of drug-likeness (QED) is 0.598. The van der Waals surface area contributed by atoms with Gasteiger partial charge in [0.2, 0.25) is 0 Å². The van der Waals surface area contributed by atoms with Crippen LogP contribution in [0.4, 0.5) is 29.1 Å². The molecule has 1 aromatic carbocycles. The lowest BCUT2D eigenvalue weighted by molar-refractivity contribution is 0.0257. The van der Waals surface area contributed by atoms with E-state index >= 15 is 0 Å². The van der Waals surface area contributed by atoms with Crippen molar-refractivity contribution in [2.24, 2.45) is 0 Å². The number of rotatable bonds is 5. The maximum Gasteiger partial charge on any atom is 0.316 e. The minimum Gasteiger partial charge on any atom is -0.467 e. The number of amides is 1. The molecule has 1 saturated heterocycles. The summed E-state index contributed by atoms with van der Waals surface area (Å²) in [5.41, 5.74) is -0.0561. The third-order valence-corrected chi connectivity index (χ3v) is 4.93. The largest absolute Gasteiger partial charge is 0.467 e. The molecule has 166 valence electrons. The van der Waals surface area contributed by atoms with E-state index in [9.17, 15) is 22.4 Å². The van der Waals surface area contributed by atoms with Gasteiger partial charge in [0.05, 0.1) is 24.9 Å². The van der Waals surface area contributed by atoms with E-state index in [0.29, 0.717) is 0 Å². The van der Waals surface area contributed by atoms with E-state index in [-0.39, 0.29) is 40.8 Å². The number of hydrogen-bond donors (Lipinski definition) is 1. The lowest BCUT2D eigenvalue weighted by Gasteiger charge is -2.23. The molecule has 3 aromatic rings. The van der Waals surface area contributed by atoms with E-state index < -0.39 is 36.4 Å². The Kier molecular flexibility index (Phi) is 5.64. The Morgan fingerprint density at radius 3 is 2.53 bits per heavy atom. The first-order valence-electron chi connectivity index (χ1n) is 9.52. The molecule has 1 aliphatic heterocycles. The molecule has 11 heteroatoms. The Labute approximate surface area is 180 Å². The van der Waals surface area contributed by atoms with Crippen LogP contribution in [0.15, 0.2) is 42.9 Å². The monoisotopic (exact) mass is 447 g/mol. The Morgan fingerprint density at radius 2 is 1.88 bits per heavy atom. The molecular weight excluding hydrogens is 430 g/mol. The number of anilines is 2. The van der Waals surface area contributed by atoms with E-state index in [0.717, 1.165) is 18.2 Å². The second kappa shape index (κ2) is 8.40. The maximum absolute atomic E-state index is 14.5. The molecule has 0 aliphatic carbocycles. The van der Waals surface area contributed by atoms with Crippen LogP contribution in [0.2, 0.25) is 0 Å². The molecule has 0 spiro atoms. The first-order valence-corrected chi connectivity index (χ1v) is 9.52. The van der Waals surface area contributed by atoms with Crippen molar-refractivity contribution < 1.29 is 27.1 Å². The summed E-state index contributed by atoms with van der Waals surface area (Å²) in [5.74, 6) is -5.06. The number of carbonyl (C=O) groups is 1. The number of benzene rings is 1. The van der Waals surface area contributed by atoms with Crippen LogP contribution in [-0.4, -0.2) is 47.0 Å². The van der Waals surface area contributed by atoms with Gasteiger partial charge in [-0.2, -0.15) is 0 Å². The Hall–Kier alpha value is -3.76. The number of aromatic nitrogens is 3. The van der Waals surface area contributed by atoms with Crippen molar-refractivity contribution in [2.75, 3.05) is 30.4 Å². The summed E-state index contributed by atoms with van der Waals surface area (Å²) < 4.78 is 61.0. The summed E-state index contributed by atoms with van der Waals surface area (Å²) in [7, 11) is 1.36. The zero-order valence-corrected chi connectivity index (χ0v) is 16.8. The van der Waals surface area contributed by atoms with E-state index in [2.05, 4.69) is 20.3 Å². The van der Waals surface area contributed by atoms with Crippen molar-refractivity contribution in [1.82, 2.24) is 15.0 Å². The Balaban J connectivity index is 1.79. The molecule has 7 nitrogen and oxygen atoms in total. The van der Waals surface area contributed by atoms with Crippen LogP contribution in [-0.2, 0) is 0 Å². The van der Waals surface area contributed by atoms with Crippen LogP contribution in [0.25, 0.3) is 11.1 Å². The van der Waals surface area contributed by atoms with Gasteiger partial charge in [-0.3, -0.25) is 4.79 Å². The topological polar surface area (TPSA) is 80.2 Å². The number of nitrogens with zero attached hydrogens (tertiary/aromatic N) is 4. The molecule has 3 heterocycles. The molecule has 1 aliphatic rings. The molecule has 2 aromatic heterocycles.